The van der Waals surface area contributed by atoms with Crippen LogP contribution in [0.15, 0.2) is 23.2 Å². The molecule has 3 rings (SSSR count). The number of hydrogen-bond acceptors (Lipinski definition) is 6. The number of ether oxygens (including phenoxy) is 1. The molecule has 1 aromatic carbocycles. The van der Waals surface area contributed by atoms with Crippen LogP contribution in [0.25, 0.3) is 0 Å². The Morgan fingerprint density at radius 2 is 2.07 bits per heavy atom. The van der Waals surface area contributed by atoms with Crippen LogP contribution in [0.2, 0.25) is 0 Å². The van der Waals surface area contributed by atoms with E-state index in [0.29, 0.717) is 18.5 Å². The predicted molar refractivity (Wildman–Crippen MR) is 108 cm³/mol. The van der Waals surface area contributed by atoms with Crippen LogP contribution in [0, 0.1) is 11.7 Å². The number of hydrogen-bond donors (Lipinski definition) is 2. The molecule has 1 aliphatic carbocycles. The van der Waals surface area contributed by atoms with E-state index in [1.165, 1.54) is 25.2 Å². The Morgan fingerprint density at radius 3 is 2.69 bits per heavy atom. The molecule has 3 atom stereocenters. The summed E-state index contributed by atoms with van der Waals surface area (Å²) >= 11 is 0. The summed E-state index contributed by atoms with van der Waals surface area (Å²) in [5, 5.41) is 1.46. The number of rotatable bonds is 1. The normalized spacial score (nSPS) is 28.5. The van der Waals surface area contributed by atoms with Gasteiger partial charge in [-0.2, -0.15) is 0 Å². The SMILES string of the molecule is CC1CC2C(c3cc(N)ccc3F)(C1)N=C(NC(=O)OC(C)(C)C)N(C)S2(=O)=O. The molecule has 2 aliphatic rings. The number of anilines is 1. The minimum absolute atomic E-state index is 0.0198. The van der Waals surface area contributed by atoms with Gasteiger partial charge in [0.05, 0.1) is 0 Å². The van der Waals surface area contributed by atoms with Crippen molar-refractivity contribution in [1.82, 2.24) is 9.62 Å². The molecule has 3 N–H and O–H groups in total. The minimum atomic E-state index is -3.92. The van der Waals surface area contributed by atoms with Gasteiger partial charge < -0.3 is 10.5 Å². The zero-order chi connectivity index (χ0) is 21.8. The number of amides is 1. The highest BCUT2D eigenvalue weighted by Crippen LogP contribution is 2.52. The molecule has 0 bridgehead atoms. The Bertz CT molecular complexity index is 973. The molecule has 0 spiro atoms. The number of halogens is 1. The van der Waals surface area contributed by atoms with Gasteiger partial charge >= 0.3 is 6.09 Å². The Labute approximate surface area is 170 Å². The zero-order valence-corrected chi connectivity index (χ0v) is 18.0. The van der Waals surface area contributed by atoms with E-state index in [4.69, 9.17) is 10.5 Å². The number of carbonyl (C=O) groups excluding carboxylic acids is 1. The molecule has 160 valence electrons. The number of nitrogen functional groups attached to an aromatic ring is 1. The van der Waals surface area contributed by atoms with Gasteiger partial charge in [-0.25, -0.2) is 26.9 Å². The minimum Gasteiger partial charge on any atom is -0.444 e. The molecule has 0 radical (unpaired) electrons. The summed E-state index contributed by atoms with van der Waals surface area (Å²) < 4.78 is 47.6. The number of guanidine groups is 1. The van der Waals surface area contributed by atoms with Gasteiger partial charge in [0.25, 0.3) is 0 Å². The lowest BCUT2D eigenvalue weighted by Gasteiger charge is -2.40. The van der Waals surface area contributed by atoms with Gasteiger partial charge in [-0.3, -0.25) is 5.32 Å². The number of sulfonamides is 1. The van der Waals surface area contributed by atoms with Crippen molar-refractivity contribution in [2.24, 2.45) is 10.9 Å². The third kappa shape index (κ3) is 3.77. The first kappa shape index (κ1) is 21.4. The smallest absolute Gasteiger partial charge is 0.414 e. The summed E-state index contributed by atoms with van der Waals surface area (Å²) in [4.78, 5) is 16.9. The fourth-order valence-corrected chi connectivity index (χ4v) is 6.13. The fraction of sp³-hybridized carbons (Fsp3) is 0.579. The lowest BCUT2D eigenvalue weighted by molar-refractivity contribution is 0.0558. The van der Waals surface area contributed by atoms with Gasteiger partial charge in [-0.1, -0.05) is 6.92 Å². The highest BCUT2D eigenvalue weighted by molar-refractivity contribution is 7.90. The van der Waals surface area contributed by atoms with E-state index >= 15 is 0 Å². The van der Waals surface area contributed by atoms with Crippen molar-refractivity contribution in [1.29, 1.82) is 0 Å². The van der Waals surface area contributed by atoms with Crippen molar-refractivity contribution < 1.29 is 22.3 Å². The highest BCUT2D eigenvalue weighted by Gasteiger charge is 2.59. The third-order valence-corrected chi connectivity index (χ3v) is 7.46. The maximum Gasteiger partial charge on any atom is 0.414 e. The van der Waals surface area contributed by atoms with E-state index < -0.39 is 38.3 Å². The number of nitrogens with two attached hydrogens (primary N) is 1. The number of alkyl carbamates (subject to hydrolysis) is 1. The van der Waals surface area contributed by atoms with Crippen molar-refractivity contribution >= 4 is 27.8 Å². The number of nitrogens with one attached hydrogen (secondary N) is 1. The fourth-order valence-electron chi connectivity index (χ4n) is 4.08. The highest BCUT2D eigenvalue weighted by atomic mass is 32.2. The summed E-state index contributed by atoms with van der Waals surface area (Å²) in [6, 6.07) is 4.05. The van der Waals surface area contributed by atoms with Crippen LogP contribution in [0.4, 0.5) is 14.9 Å². The maximum absolute atomic E-state index is 14.8. The molecule has 1 aliphatic heterocycles. The van der Waals surface area contributed by atoms with E-state index in [-0.39, 0.29) is 17.4 Å². The van der Waals surface area contributed by atoms with Crippen molar-refractivity contribution in [3.63, 3.8) is 0 Å². The van der Waals surface area contributed by atoms with Crippen molar-refractivity contribution in [3.05, 3.63) is 29.6 Å². The first-order valence-electron chi connectivity index (χ1n) is 9.39. The molecule has 29 heavy (non-hydrogen) atoms. The van der Waals surface area contributed by atoms with Crippen LogP contribution < -0.4 is 11.1 Å². The number of benzene rings is 1. The summed E-state index contributed by atoms with van der Waals surface area (Å²) in [6.45, 7) is 6.96. The van der Waals surface area contributed by atoms with Crippen LogP contribution in [0.5, 0.6) is 0 Å². The second-order valence-electron chi connectivity index (χ2n) is 8.77. The second kappa shape index (κ2) is 6.86. The van der Waals surface area contributed by atoms with Crippen LogP contribution in [-0.4, -0.2) is 42.7 Å². The van der Waals surface area contributed by atoms with Gasteiger partial charge in [0, 0.05) is 18.3 Å². The zero-order valence-electron chi connectivity index (χ0n) is 17.2. The van der Waals surface area contributed by atoms with Gasteiger partial charge in [-0.15, -0.1) is 0 Å². The quantitative estimate of drug-likeness (QED) is 0.670. The molecule has 0 aromatic heterocycles. The molecule has 3 unspecified atom stereocenters. The number of carbonyl (C=O) groups is 1. The molecule has 1 heterocycles. The Kier molecular flexibility index (Phi) is 5.05. The summed E-state index contributed by atoms with van der Waals surface area (Å²) in [6.07, 6.45) is -0.208. The molecule has 10 heteroatoms. The second-order valence-corrected chi connectivity index (χ2v) is 10.9. The molecule has 1 aromatic rings. The van der Waals surface area contributed by atoms with Gasteiger partial charge in [0.2, 0.25) is 16.0 Å². The van der Waals surface area contributed by atoms with Gasteiger partial charge in [0.15, 0.2) is 0 Å². The van der Waals surface area contributed by atoms with E-state index in [9.17, 15) is 17.6 Å². The first-order chi connectivity index (χ1) is 13.3. The van der Waals surface area contributed by atoms with Crippen molar-refractivity contribution in [3.8, 4) is 0 Å². The van der Waals surface area contributed by atoms with Crippen LogP contribution >= 0.6 is 0 Å². The van der Waals surface area contributed by atoms with E-state index in [0.717, 1.165) is 4.31 Å². The largest absolute Gasteiger partial charge is 0.444 e. The topological polar surface area (TPSA) is 114 Å². The van der Waals surface area contributed by atoms with Crippen LogP contribution in [0.3, 0.4) is 0 Å². The van der Waals surface area contributed by atoms with E-state index in [1.807, 2.05) is 6.92 Å². The standard InChI is InChI=1S/C19H27FN4O4S/c1-11-8-15-19(10-11,13-9-12(21)6-7-14(13)20)23-16(24(5)29(15,26)27)22-17(25)28-18(2,3)4/h6-7,9,11,15H,8,10,21H2,1-5H3,(H,22,23,25). The Balaban J connectivity index is 2.16. The van der Waals surface area contributed by atoms with Crippen molar-refractivity contribution in [2.75, 3.05) is 12.8 Å². The lowest BCUT2D eigenvalue weighted by Crippen LogP contribution is -2.57. The lowest BCUT2D eigenvalue weighted by atomic mass is 9.86. The summed E-state index contributed by atoms with van der Waals surface area (Å²) in [5.74, 6) is -0.807. The molecule has 0 saturated heterocycles. The maximum atomic E-state index is 14.8. The Morgan fingerprint density at radius 1 is 1.41 bits per heavy atom. The third-order valence-electron chi connectivity index (χ3n) is 5.22. The molecule has 1 fully saturated rings. The Hall–Kier alpha value is -2.36. The molecule has 8 nitrogen and oxygen atoms in total. The average Bonchev–Trinajstić information content (AvgIpc) is 2.91. The first-order valence-corrected chi connectivity index (χ1v) is 10.9. The van der Waals surface area contributed by atoms with E-state index in [2.05, 4.69) is 10.3 Å². The summed E-state index contributed by atoms with van der Waals surface area (Å²) in [5.41, 5.74) is 4.13. The summed E-state index contributed by atoms with van der Waals surface area (Å²) in [7, 11) is -2.61. The molecular weight excluding hydrogens is 399 g/mol. The molecular formula is C19H27FN4O4S. The number of nitrogens with zero attached hydrogens (tertiary/aromatic N) is 2. The monoisotopic (exact) mass is 426 g/mol. The van der Waals surface area contributed by atoms with Crippen molar-refractivity contribution in [2.45, 2.75) is 56.9 Å². The van der Waals surface area contributed by atoms with Gasteiger partial charge in [0.1, 0.15) is 22.2 Å². The number of aliphatic imine (C=N–C) groups is 1. The average molecular weight is 427 g/mol. The van der Waals surface area contributed by atoms with Crippen LogP contribution in [-0.2, 0) is 20.3 Å². The van der Waals surface area contributed by atoms with Crippen LogP contribution in [0.1, 0.15) is 46.1 Å². The van der Waals surface area contributed by atoms with E-state index in [1.54, 1.807) is 20.8 Å². The predicted octanol–water partition coefficient (Wildman–Crippen LogP) is 2.56. The number of fused-ring (bicyclic) bond motifs is 1. The molecule has 1 amide bonds. The van der Waals surface area contributed by atoms with Gasteiger partial charge in [-0.05, 0) is 57.7 Å². The molecule has 1 saturated carbocycles.